The van der Waals surface area contributed by atoms with Gasteiger partial charge >= 0.3 is 0 Å². The molecule has 0 spiro atoms. The molecule has 9 heteroatoms. The number of carbonyl (C=O) groups is 1. The molecule has 0 aliphatic rings. The monoisotopic (exact) mass is 459 g/mol. The number of hydrogen-bond acceptors (Lipinski definition) is 6. The number of thioether (sulfide) groups is 1. The van der Waals surface area contributed by atoms with E-state index in [0.717, 1.165) is 21.4 Å². The van der Waals surface area contributed by atoms with Gasteiger partial charge in [-0.15, -0.1) is 10.2 Å². The van der Waals surface area contributed by atoms with Crippen molar-refractivity contribution < 1.29 is 9.53 Å². The lowest BCUT2D eigenvalue weighted by Gasteiger charge is -2.05. The Morgan fingerprint density at radius 2 is 2.00 bits per heavy atom. The molecule has 7 nitrogen and oxygen atoms in total. The Kier molecular flexibility index (Phi) is 6.83. The summed E-state index contributed by atoms with van der Waals surface area (Å²) in [7, 11) is 3.46. The molecule has 1 aromatic heterocycles. The Bertz CT molecular complexity index is 1010. The summed E-state index contributed by atoms with van der Waals surface area (Å²) in [5.41, 5.74) is 4.23. The Hall–Kier alpha value is -2.65. The zero-order chi connectivity index (χ0) is 19.9. The molecule has 1 amide bonds. The van der Waals surface area contributed by atoms with Crippen LogP contribution in [-0.2, 0) is 11.8 Å². The van der Waals surface area contributed by atoms with Crippen LogP contribution in [0.1, 0.15) is 5.56 Å². The van der Waals surface area contributed by atoms with E-state index in [0.29, 0.717) is 10.9 Å². The maximum atomic E-state index is 12.1. The number of methoxy groups -OCH3 is 1. The fourth-order valence-corrected chi connectivity index (χ4v) is 3.59. The van der Waals surface area contributed by atoms with Crippen molar-refractivity contribution in [2.24, 2.45) is 12.1 Å². The highest BCUT2D eigenvalue weighted by atomic mass is 79.9. The third kappa shape index (κ3) is 4.79. The van der Waals surface area contributed by atoms with Crippen molar-refractivity contribution in [3.05, 3.63) is 58.6 Å². The van der Waals surface area contributed by atoms with Crippen LogP contribution in [0.2, 0.25) is 0 Å². The van der Waals surface area contributed by atoms with E-state index in [1.165, 1.54) is 11.8 Å². The second-order valence-electron chi connectivity index (χ2n) is 5.67. The van der Waals surface area contributed by atoms with E-state index in [9.17, 15) is 4.79 Å². The van der Waals surface area contributed by atoms with Crippen LogP contribution < -0.4 is 10.2 Å². The zero-order valence-electron chi connectivity index (χ0n) is 15.3. The topological polar surface area (TPSA) is 81.4 Å². The smallest absolute Gasteiger partial charge is 0.250 e. The van der Waals surface area contributed by atoms with Crippen LogP contribution >= 0.6 is 27.7 Å². The Labute approximate surface area is 175 Å². The van der Waals surface area contributed by atoms with Gasteiger partial charge in [0.2, 0.25) is 0 Å². The highest BCUT2D eigenvalue weighted by Crippen LogP contribution is 2.28. The van der Waals surface area contributed by atoms with E-state index in [4.69, 9.17) is 4.74 Å². The highest BCUT2D eigenvalue weighted by Gasteiger charge is 2.14. The van der Waals surface area contributed by atoms with Gasteiger partial charge in [0, 0.05) is 22.6 Å². The van der Waals surface area contributed by atoms with E-state index in [2.05, 4.69) is 36.7 Å². The van der Waals surface area contributed by atoms with E-state index < -0.39 is 0 Å². The standard InChI is InChI=1S/C19H18BrN5O2S/c1-25-18(14-8-4-5-9-15(14)20)23-24-19(25)28-12-17(26)22-21-11-13-7-3-6-10-16(13)27-2/h3-11H,12H2,1-2H3,(H,22,26)/b21-11-. The average Bonchev–Trinajstić information content (AvgIpc) is 3.07. The predicted octanol–water partition coefficient (Wildman–Crippen LogP) is 3.50. The predicted molar refractivity (Wildman–Crippen MR) is 114 cm³/mol. The lowest BCUT2D eigenvalue weighted by molar-refractivity contribution is -0.118. The third-order valence-electron chi connectivity index (χ3n) is 3.81. The van der Waals surface area contributed by atoms with Gasteiger partial charge in [0.15, 0.2) is 11.0 Å². The summed E-state index contributed by atoms with van der Waals surface area (Å²) >= 11 is 4.81. The fourth-order valence-electron chi connectivity index (χ4n) is 2.43. The first kappa shape index (κ1) is 20.1. The minimum Gasteiger partial charge on any atom is -0.496 e. The van der Waals surface area contributed by atoms with Gasteiger partial charge in [-0.2, -0.15) is 5.10 Å². The lowest BCUT2D eigenvalue weighted by atomic mass is 10.2. The largest absolute Gasteiger partial charge is 0.496 e. The fraction of sp³-hybridized carbons (Fsp3) is 0.158. The maximum absolute atomic E-state index is 12.1. The highest BCUT2D eigenvalue weighted by molar-refractivity contribution is 9.10. The molecule has 0 fully saturated rings. The van der Waals surface area contributed by atoms with Crippen molar-refractivity contribution in [3.8, 4) is 17.1 Å². The lowest BCUT2D eigenvalue weighted by Crippen LogP contribution is -2.20. The number of benzene rings is 2. The molecule has 3 aromatic rings. The molecule has 0 aliphatic carbocycles. The van der Waals surface area contributed by atoms with Crippen molar-refractivity contribution in [2.75, 3.05) is 12.9 Å². The van der Waals surface area contributed by atoms with Crippen LogP contribution in [0.4, 0.5) is 0 Å². The minimum atomic E-state index is -0.235. The van der Waals surface area contributed by atoms with E-state index in [1.807, 2.05) is 60.1 Å². The number of para-hydroxylation sites is 1. The van der Waals surface area contributed by atoms with E-state index in [1.54, 1.807) is 13.3 Å². The molecule has 28 heavy (non-hydrogen) atoms. The second-order valence-corrected chi connectivity index (χ2v) is 7.47. The molecule has 0 saturated carbocycles. The average molecular weight is 460 g/mol. The summed E-state index contributed by atoms with van der Waals surface area (Å²) in [6, 6.07) is 15.2. The summed E-state index contributed by atoms with van der Waals surface area (Å²) < 4.78 is 8.03. The van der Waals surface area contributed by atoms with Gasteiger partial charge in [-0.1, -0.05) is 58.0 Å². The maximum Gasteiger partial charge on any atom is 0.250 e. The number of carbonyl (C=O) groups excluding carboxylic acids is 1. The third-order valence-corrected chi connectivity index (χ3v) is 5.53. The zero-order valence-corrected chi connectivity index (χ0v) is 17.7. The van der Waals surface area contributed by atoms with Crippen LogP contribution in [-0.4, -0.2) is 39.7 Å². The summed E-state index contributed by atoms with van der Waals surface area (Å²) in [4.78, 5) is 12.1. The van der Waals surface area contributed by atoms with Crippen LogP contribution in [0, 0.1) is 0 Å². The molecule has 0 radical (unpaired) electrons. The Balaban J connectivity index is 1.58. The van der Waals surface area contributed by atoms with E-state index in [-0.39, 0.29) is 11.7 Å². The number of halogens is 1. The first-order valence-electron chi connectivity index (χ1n) is 8.32. The molecule has 144 valence electrons. The Morgan fingerprint density at radius 1 is 1.25 bits per heavy atom. The van der Waals surface area contributed by atoms with Crippen molar-refractivity contribution in [3.63, 3.8) is 0 Å². The normalized spacial score (nSPS) is 11.0. The molecule has 1 heterocycles. The number of hydrogen-bond donors (Lipinski definition) is 1. The van der Waals surface area contributed by atoms with Crippen molar-refractivity contribution >= 4 is 39.8 Å². The van der Waals surface area contributed by atoms with Crippen LogP contribution in [0.5, 0.6) is 5.75 Å². The van der Waals surface area contributed by atoms with Crippen molar-refractivity contribution in [2.45, 2.75) is 5.16 Å². The summed E-state index contributed by atoms with van der Waals surface area (Å²) in [5.74, 6) is 1.35. The van der Waals surface area contributed by atoms with Crippen LogP contribution in [0.25, 0.3) is 11.4 Å². The van der Waals surface area contributed by atoms with Gasteiger partial charge in [0.1, 0.15) is 5.75 Å². The van der Waals surface area contributed by atoms with Crippen molar-refractivity contribution in [1.82, 2.24) is 20.2 Å². The van der Waals surface area contributed by atoms with E-state index >= 15 is 0 Å². The number of ether oxygens (including phenoxy) is 1. The minimum absolute atomic E-state index is 0.172. The number of aromatic nitrogens is 3. The summed E-state index contributed by atoms with van der Waals surface area (Å²) in [6.07, 6.45) is 1.55. The van der Waals surface area contributed by atoms with Gasteiger partial charge in [-0.3, -0.25) is 4.79 Å². The number of rotatable bonds is 7. The number of nitrogens with zero attached hydrogens (tertiary/aromatic N) is 4. The molecule has 0 saturated heterocycles. The first-order valence-corrected chi connectivity index (χ1v) is 10.1. The van der Waals surface area contributed by atoms with Gasteiger partial charge in [0.25, 0.3) is 5.91 Å². The molecular weight excluding hydrogens is 442 g/mol. The molecule has 3 rings (SSSR count). The molecular formula is C19H18BrN5O2S. The van der Waals surface area contributed by atoms with Gasteiger partial charge in [-0.25, -0.2) is 5.43 Å². The molecule has 0 aliphatic heterocycles. The quantitative estimate of drug-likeness (QED) is 0.332. The number of hydrazone groups is 1. The summed E-state index contributed by atoms with van der Waals surface area (Å²) in [5, 5.41) is 13.0. The summed E-state index contributed by atoms with van der Waals surface area (Å²) in [6.45, 7) is 0. The molecule has 2 aromatic carbocycles. The first-order chi connectivity index (χ1) is 13.6. The van der Waals surface area contributed by atoms with Crippen LogP contribution in [0.15, 0.2) is 63.3 Å². The number of amides is 1. The molecule has 0 unspecified atom stereocenters. The van der Waals surface area contributed by atoms with Gasteiger partial charge < -0.3 is 9.30 Å². The molecule has 0 bridgehead atoms. The van der Waals surface area contributed by atoms with Gasteiger partial charge in [0.05, 0.1) is 19.1 Å². The molecule has 0 atom stereocenters. The second kappa shape index (κ2) is 9.52. The Morgan fingerprint density at radius 3 is 2.79 bits per heavy atom. The number of nitrogens with one attached hydrogen (secondary N) is 1. The van der Waals surface area contributed by atoms with Crippen LogP contribution in [0.3, 0.4) is 0 Å². The van der Waals surface area contributed by atoms with Crippen molar-refractivity contribution in [1.29, 1.82) is 0 Å². The SMILES string of the molecule is COc1ccccc1/C=N\NC(=O)CSc1nnc(-c2ccccc2Br)n1C. The van der Waals surface area contributed by atoms with Gasteiger partial charge in [-0.05, 0) is 18.2 Å². The molecule has 1 N–H and O–H groups in total.